The first-order valence-corrected chi connectivity index (χ1v) is 20.0. The molecule has 1 aliphatic carbocycles. The summed E-state index contributed by atoms with van der Waals surface area (Å²) in [4.78, 5) is 44.6. The molecule has 1 saturated carbocycles. The fourth-order valence-corrected chi connectivity index (χ4v) is 7.94. The maximum atomic E-state index is 13.6. The average Bonchev–Trinajstić information content (AvgIpc) is 3.87. The maximum Gasteiger partial charge on any atom is 0.410 e. The van der Waals surface area contributed by atoms with Gasteiger partial charge in [-0.1, -0.05) is 60.7 Å². The van der Waals surface area contributed by atoms with Gasteiger partial charge in [-0.05, 0) is 90.7 Å². The highest BCUT2D eigenvalue weighted by atomic mass is 32.1. The first-order valence-electron chi connectivity index (χ1n) is 19.1. The predicted octanol–water partition coefficient (Wildman–Crippen LogP) is 9.59. The molecule has 1 aliphatic rings. The van der Waals surface area contributed by atoms with Crippen molar-refractivity contribution in [2.45, 2.75) is 97.3 Å². The van der Waals surface area contributed by atoms with E-state index in [2.05, 4.69) is 57.5 Å². The van der Waals surface area contributed by atoms with Crippen LogP contribution in [0.25, 0.3) is 21.6 Å². The number of nitrogens with zero attached hydrogens (tertiary/aromatic N) is 6. The Morgan fingerprint density at radius 2 is 1.50 bits per heavy atom. The van der Waals surface area contributed by atoms with Crippen molar-refractivity contribution in [3.05, 3.63) is 102 Å². The fourth-order valence-electron chi connectivity index (χ4n) is 7.10. The zero-order valence-electron chi connectivity index (χ0n) is 32.5. The van der Waals surface area contributed by atoms with E-state index in [0.29, 0.717) is 32.6 Å². The van der Waals surface area contributed by atoms with Crippen LogP contribution in [0.5, 0.6) is 0 Å². The van der Waals surface area contributed by atoms with Crippen molar-refractivity contribution in [3.8, 4) is 10.6 Å². The molecule has 1 fully saturated rings. The normalized spacial score (nSPS) is 16.0. The van der Waals surface area contributed by atoms with Gasteiger partial charge in [0.15, 0.2) is 0 Å². The number of hydrogen-bond donors (Lipinski definition) is 0. The van der Waals surface area contributed by atoms with E-state index in [1.807, 2.05) is 76.9 Å². The van der Waals surface area contributed by atoms with Gasteiger partial charge in [0, 0.05) is 67.4 Å². The molecule has 10 nitrogen and oxygen atoms in total. The van der Waals surface area contributed by atoms with Crippen molar-refractivity contribution in [1.82, 2.24) is 29.3 Å². The Morgan fingerprint density at radius 1 is 0.852 bits per heavy atom. The zero-order valence-corrected chi connectivity index (χ0v) is 33.3. The molecular weight excluding hydrogens is 697 g/mol. The van der Waals surface area contributed by atoms with Gasteiger partial charge in [0.25, 0.3) is 0 Å². The Labute approximate surface area is 323 Å². The van der Waals surface area contributed by atoms with Crippen LogP contribution in [0.2, 0.25) is 0 Å². The molecule has 3 heterocycles. The lowest BCUT2D eigenvalue weighted by molar-refractivity contribution is 0.0186. The Balaban J connectivity index is 1.13. The zero-order chi connectivity index (χ0) is 38.3. The van der Waals surface area contributed by atoms with Crippen LogP contribution < -0.4 is 0 Å². The Bertz CT molecular complexity index is 1980. The third-order valence-electron chi connectivity index (χ3n) is 9.56. The summed E-state index contributed by atoms with van der Waals surface area (Å²) < 4.78 is 14.0. The van der Waals surface area contributed by atoms with E-state index < -0.39 is 11.2 Å². The highest BCUT2D eigenvalue weighted by molar-refractivity contribution is 7.13. The largest absolute Gasteiger partial charge is 0.444 e. The number of rotatable bonds is 13. The van der Waals surface area contributed by atoms with Gasteiger partial charge in [0.05, 0.1) is 5.69 Å². The van der Waals surface area contributed by atoms with Gasteiger partial charge >= 0.3 is 12.2 Å². The summed E-state index contributed by atoms with van der Waals surface area (Å²) in [6, 6.07) is 20.8. The molecule has 0 bridgehead atoms. The quantitative estimate of drug-likeness (QED) is 0.118. The Hall–Kier alpha value is -4.77. The molecule has 0 saturated heterocycles. The topological polar surface area (TPSA) is 103 Å². The van der Waals surface area contributed by atoms with E-state index in [1.54, 1.807) is 22.6 Å². The van der Waals surface area contributed by atoms with E-state index >= 15 is 0 Å². The number of hydrogen-bond acceptors (Lipinski definition) is 8. The third-order valence-corrected chi connectivity index (χ3v) is 10.5. The summed E-state index contributed by atoms with van der Waals surface area (Å²) in [6.07, 6.45) is 10.0. The minimum absolute atomic E-state index is 0.228. The van der Waals surface area contributed by atoms with E-state index in [4.69, 9.17) is 19.4 Å². The van der Waals surface area contributed by atoms with Crippen LogP contribution in [0.3, 0.4) is 0 Å². The molecule has 3 aromatic heterocycles. The second-order valence-electron chi connectivity index (χ2n) is 16.3. The molecule has 5 aromatic rings. The molecule has 54 heavy (non-hydrogen) atoms. The molecular formula is C43H54N6O4S. The van der Waals surface area contributed by atoms with Crippen molar-refractivity contribution in [2.75, 3.05) is 26.2 Å². The summed E-state index contributed by atoms with van der Waals surface area (Å²) in [6.45, 7) is 13.4. The van der Waals surface area contributed by atoms with Gasteiger partial charge in [-0.25, -0.2) is 24.5 Å². The van der Waals surface area contributed by atoms with Gasteiger partial charge in [-0.2, -0.15) is 0 Å². The van der Waals surface area contributed by atoms with Crippen LogP contribution in [-0.4, -0.2) is 78.9 Å². The lowest BCUT2D eigenvalue weighted by Gasteiger charge is -2.31. The van der Waals surface area contributed by atoms with Crippen LogP contribution in [0.15, 0.2) is 84.8 Å². The van der Waals surface area contributed by atoms with Gasteiger partial charge in [0.1, 0.15) is 28.2 Å². The van der Waals surface area contributed by atoms with E-state index in [0.717, 1.165) is 65.0 Å². The summed E-state index contributed by atoms with van der Waals surface area (Å²) >= 11 is 1.65. The number of fused-ring (bicyclic) bond motifs is 1. The van der Waals surface area contributed by atoms with Crippen LogP contribution >= 0.6 is 11.3 Å². The smallest absolute Gasteiger partial charge is 0.410 e. The molecule has 6 rings (SSSR count). The van der Waals surface area contributed by atoms with Crippen molar-refractivity contribution < 1.29 is 19.1 Å². The SMILES string of the molecule is CC(C)(C)OC(=O)N(CCCN(C[C@@H]1CC[C@H](n2cc(-c3nc(Cc4ccccc4)cs3)c3cncnc32)C1)C(=O)OC(C)(C)C)CCc1ccccc1. The van der Waals surface area contributed by atoms with E-state index in [1.165, 1.54) is 5.56 Å². The van der Waals surface area contributed by atoms with Crippen LogP contribution in [0.1, 0.15) is 90.1 Å². The first-order chi connectivity index (χ1) is 25.8. The molecule has 2 aromatic carbocycles. The van der Waals surface area contributed by atoms with Crippen LogP contribution in [0.4, 0.5) is 9.59 Å². The molecule has 0 radical (unpaired) electrons. The Morgan fingerprint density at radius 3 is 2.19 bits per heavy atom. The molecule has 0 unspecified atom stereocenters. The van der Waals surface area contributed by atoms with Gasteiger partial charge in [-0.3, -0.25) is 0 Å². The monoisotopic (exact) mass is 750 g/mol. The Kier molecular flexibility index (Phi) is 12.4. The molecule has 0 N–H and O–H groups in total. The maximum absolute atomic E-state index is 13.6. The molecule has 2 atom stereocenters. The standard InChI is InChI=1S/C43H54N6O4S/c1-42(2,3)52-40(50)47(23-20-31-14-9-7-10-15-31)21-13-22-48(41(51)53-43(4,5)6)27-33-18-19-35(25-33)49-28-37(36-26-44-30-45-38(36)49)39-46-34(29-54-39)24-32-16-11-8-12-17-32/h7-12,14-17,26,28-30,33,35H,13,18-25,27H2,1-6H3/t33-,35+/m1/s1. The summed E-state index contributed by atoms with van der Waals surface area (Å²) in [5, 5.41) is 4.11. The number of benzene rings is 2. The minimum Gasteiger partial charge on any atom is -0.444 e. The molecule has 2 amide bonds. The second kappa shape index (κ2) is 17.1. The predicted molar refractivity (Wildman–Crippen MR) is 215 cm³/mol. The number of carbonyl (C=O) groups excluding carboxylic acids is 2. The molecule has 11 heteroatoms. The first kappa shape index (κ1) is 38.9. The van der Waals surface area contributed by atoms with Crippen molar-refractivity contribution >= 4 is 34.6 Å². The molecule has 0 spiro atoms. The fraction of sp³-hybridized carbons (Fsp3) is 0.465. The highest BCUT2D eigenvalue weighted by Crippen LogP contribution is 2.40. The average molecular weight is 751 g/mol. The molecule has 286 valence electrons. The molecule has 0 aliphatic heterocycles. The number of carbonyl (C=O) groups is 2. The second-order valence-corrected chi connectivity index (χ2v) is 17.2. The highest BCUT2D eigenvalue weighted by Gasteiger charge is 2.32. The number of thiazole rings is 1. The number of aromatic nitrogens is 4. The van der Waals surface area contributed by atoms with Crippen molar-refractivity contribution in [3.63, 3.8) is 0 Å². The van der Waals surface area contributed by atoms with Gasteiger partial charge in [-0.15, -0.1) is 11.3 Å². The van der Waals surface area contributed by atoms with Crippen molar-refractivity contribution in [2.24, 2.45) is 5.92 Å². The summed E-state index contributed by atoms with van der Waals surface area (Å²) in [5.74, 6) is 0.280. The number of amides is 2. The summed E-state index contributed by atoms with van der Waals surface area (Å²) in [7, 11) is 0. The van der Waals surface area contributed by atoms with Crippen LogP contribution in [0, 0.1) is 5.92 Å². The lowest BCUT2D eigenvalue weighted by atomic mass is 10.1. The third kappa shape index (κ3) is 10.7. The van der Waals surface area contributed by atoms with E-state index in [-0.39, 0.29) is 24.1 Å². The van der Waals surface area contributed by atoms with Gasteiger partial charge in [0.2, 0.25) is 0 Å². The minimum atomic E-state index is -0.622. The van der Waals surface area contributed by atoms with Gasteiger partial charge < -0.3 is 23.8 Å². The summed E-state index contributed by atoms with van der Waals surface area (Å²) in [5.41, 5.74) is 4.18. The van der Waals surface area contributed by atoms with Crippen molar-refractivity contribution in [1.29, 1.82) is 0 Å². The van der Waals surface area contributed by atoms with E-state index in [9.17, 15) is 9.59 Å². The number of ether oxygens (including phenoxy) is 2. The van der Waals surface area contributed by atoms with Crippen LogP contribution in [-0.2, 0) is 22.3 Å². The lowest BCUT2D eigenvalue weighted by Crippen LogP contribution is -2.42.